The average Bonchev–Trinajstić information content (AvgIpc) is 2.71. The summed E-state index contributed by atoms with van der Waals surface area (Å²) in [6.45, 7) is 3.43. The number of halogens is 1. The van der Waals surface area contributed by atoms with Crippen LogP contribution >= 0.6 is 0 Å². The lowest BCUT2D eigenvalue weighted by atomic mass is 10.1. The van der Waals surface area contributed by atoms with Gasteiger partial charge in [0.2, 0.25) is 5.91 Å². The van der Waals surface area contributed by atoms with Gasteiger partial charge in [-0.25, -0.2) is 18.7 Å². The predicted molar refractivity (Wildman–Crippen MR) is 107 cm³/mol. The van der Waals surface area contributed by atoms with E-state index in [0.29, 0.717) is 18.8 Å². The largest absolute Gasteiger partial charge is 0.493 e. The minimum Gasteiger partial charge on any atom is -0.493 e. The molecule has 0 unspecified atom stereocenters. The van der Waals surface area contributed by atoms with Crippen molar-refractivity contribution in [1.82, 2.24) is 14.1 Å². The van der Waals surface area contributed by atoms with E-state index < -0.39 is 29.5 Å². The van der Waals surface area contributed by atoms with Gasteiger partial charge < -0.3 is 10.1 Å². The lowest BCUT2D eigenvalue weighted by Crippen LogP contribution is -2.42. The van der Waals surface area contributed by atoms with Gasteiger partial charge in [-0.3, -0.25) is 14.2 Å². The fraction of sp³-hybridized carbons (Fsp3) is 0.300. The first kappa shape index (κ1) is 20.2. The van der Waals surface area contributed by atoms with E-state index in [9.17, 15) is 18.8 Å². The Hall–Kier alpha value is -3.49. The van der Waals surface area contributed by atoms with Crippen molar-refractivity contribution in [1.29, 1.82) is 0 Å². The molecule has 9 heteroatoms. The minimum absolute atomic E-state index is 0.0342. The molecule has 8 nitrogen and oxygen atoms in total. The van der Waals surface area contributed by atoms with Crippen molar-refractivity contribution < 1.29 is 13.9 Å². The third-order valence-electron chi connectivity index (χ3n) is 4.50. The Bertz CT molecular complexity index is 1200. The van der Waals surface area contributed by atoms with Gasteiger partial charge in [0, 0.05) is 18.8 Å². The third-order valence-corrected chi connectivity index (χ3v) is 4.50. The molecule has 152 valence electrons. The molecule has 0 aliphatic carbocycles. The summed E-state index contributed by atoms with van der Waals surface area (Å²) < 4.78 is 21.4. The standard InChI is InChI=1S/C20H21FN4O4/c1-4-12-10-22-18-16(17(12)29-5-2)19(27)25(20(28)24(18)3)11-15(26)23-14-9-7-6-8-13(14)21/h6-10H,4-5,11H2,1-3H3,(H,23,26). The van der Waals surface area contributed by atoms with E-state index in [4.69, 9.17) is 4.74 Å². The molecule has 2 aromatic heterocycles. The van der Waals surface area contributed by atoms with Crippen LogP contribution in [0.1, 0.15) is 19.4 Å². The van der Waals surface area contributed by atoms with E-state index in [1.165, 1.54) is 29.8 Å². The summed E-state index contributed by atoms with van der Waals surface area (Å²) in [6.07, 6.45) is 2.15. The van der Waals surface area contributed by atoms with Crippen molar-refractivity contribution in [2.24, 2.45) is 7.05 Å². The maximum Gasteiger partial charge on any atom is 0.332 e. The first-order valence-corrected chi connectivity index (χ1v) is 9.17. The van der Waals surface area contributed by atoms with Crippen molar-refractivity contribution in [2.45, 2.75) is 26.8 Å². The molecule has 0 radical (unpaired) electrons. The van der Waals surface area contributed by atoms with Crippen LogP contribution in [0, 0.1) is 5.82 Å². The number of carbonyl (C=O) groups is 1. The Morgan fingerprint density at radius 3 is 2.62 bits per heavy atom. The Labute approximate surface area is 165 Å². The minimum atomic E-state index is -0.703. The molecule has 3 aromatic rings. The van der Waals surface area contributed by atoms with Gasteiger partial charge >= 0.3 is 5.69 Å². The van der Waals surface area contributed by atoms with E-state index >= 15 is 0 Å². The highest BCUT2D eigenvalue weighted by Crippen LogP contribution is 2.25. The van der Waals surface area contributed by atoms with E-state index in [2.05, 4.69) is 10.3 Å². The number of ether oxygens (including phenoxy) is 1. The molecule has 3 rings (SSSR count). The molecule has 0 aliphatic heterocycles. The number of aromatic nitrogens is 3. The molecule has 0 saturated heterocycles. The van der Waals surface area contributed by atoms with Crippen molar-refractivity contribution in [3.63, 3.8) is 0 Å². The second-order valence-corrected chi connectivity index (χ2v) is 6.36. The molecule has 29 heavy (non-hydrogen) atoms. The third kappa shape index (κ3) is 3.75. The highest BCUT2D eigenvalue weighted by molar-refractivity contribution is 5.91. The molecule has 1 aromatic carbocycles. The van der Waals surface area contributed by atoms with Crippen LogP contribution in [0.3, 0.4) is 0 Å². The summed E-state index contributed by atoms with van der Waals surface area (Å²) in [7, 11) is 1.46. The zero-order valence-corrected chi connectivity index (χ0v) is 16.4. The molecule has 2 heterocycles. The van der Waals surface area contributed by atoms with Crippen LogP contribution in [0.15, 0.2) is 40.1 Å². The number of amides is 1. The quantitative estimate of drug-likeness (QED) is 0.681. The number of anilines is 1. The van der Waals surface area contributed by atoms with Gasteiger partial charge in [0.15, 0.2) is 5.65 Å². The van der Waals surface area contributed by atoms with Crippen LogP contribution in [0.5, 0.6) is 5.75 Å². The Balaban J connectivity index is 2.12. The second kappa shape index (κ2) is 8.26. The van der Waals surface area contributed by atoms with E-state index in [0.717, 1.165) is 10.1 Å². The maximum absolute atomic E-state index is 13.8. The number of aryl methyl sites for hydroxylation is 2. The van der Waals surface area contributed by atoms with Crippen LogP contribution in [-0.4, -0.2) is 26.6 Å². The zero-order chi connectivity index (χ0) is 21.1. The number of hydrogen-bond acceptors (Lipinski definition) is 5. The van der Waals surface area contributed by atoms with Gasteiger partial charge in [0.25, 0.3) is 5.56 Å². The molecule has 0 aliphatic rings. The number of pyridine rings is 1. The second-order valence-electron chi connectivity index (χ2n) is 6.36. The molecule has 0 bridgehead atoms. The molecule has 0 atom stereocenters. The number of rotatable bonds is 6. The van der Waals surface area contributed by atoms with E-state index in [1.807, 2.05) is 6.92 Å². The number of nitrogens with one attached hydrogen (secondary N) is 1. The fourth-order valence-corrected chi connectivity index (χ4v) is 3.06. The molecule has 1 N–H and O–H groups in total. The molecular formula is C20H21FN4O4. The van der Waals surface area contributed by atoms with E-state index in [-0.39, 0.29) is 16.7 Å². The van der Waals surface area contributed by atoms with Gasteiger partial charge in [-0.2, -0.15) is 0 Å². The predicted octanol–water partition coefficient (Wildman–Crippen LogP) is 1.83. The first-order chi connectivity index (χ1) is 13.9. The summed E-state index contributed by atoms with van der Waals surface area (Å²) in [5, 5.41) is 2.51. The zero-order valence-electron chi connectivity index (χ0n) is 16.4. The Morgan fingerprint density at radius 2 is 1.97 bits per heavy atom. The number of fused-ring (bicyclic) bond motifs is 1. The monoisotopic (exact) mass is 400 g/mol. The topological polar surface area (TPSA) is 95.2 Å². The molecule has 1 amide bonds. The lowest BCUT2D eigenvalue weighted by molar-refractivity contribution is -0.116. The summed E-state index contributed by atoms with van der Waals surface area (Å²) in [5.74, 6) is -0.967. The van der Waals surface area contributed by atoms with Crippen LogP contribution in [0.25, 0.3) is 11.0 Å². The summed E-state index contributed by atoms with van der Waals surface area (Å²) in [5.41, 5.74) is -0.527. The Kier molecular flexibility index (Phi) is 5.76. The van der Waals surface area contributed by atoms with Gasteiger partial charge in [-0.1, -0.05) is 19.1 Å². The number of nitrogens with zero attached hydrogens (tertiary/aromatic N) is 3. The van der Waals surface area contributed by atoms with Crippen LogP contribution in [0.2, 0.25) is 0 Å². The lowest BCUT2D eigenvalue weighted by Gasteiger charge is -2.15. The van der Waals surface area contributed by atoms with Crippen molar-refractivity contribution in [2.75, 3.05) is 11.9 Å². The number of hydrogen-bond donors (Lipinski definition) is 1. The normalized spacial score (nSPS) is 10.9. The summed E-state index contributed by atoms with van der Waals surface area (Å²) in [6, 6.07) is 5.64. The summed E-state index contributed by atoms with van der Waals surface area (Å²) in [4.78, 5) is 42.4. The molecule has 0 spiro atoms. The molecular weight excluding hydrogens is 379 g/mol. The van der Waals surface area contributed by atoms with Crippen molar-refractivity contribution >= 4 is 22.6 Å². The first-order valence-electron chi connectivity index (χ1n) is 9.17. The maximum atomic E-state index is 13.8. The van der Waals surface area contributed by atoms with Gasteiger partial charge in [-0.15, -0.1) is 0 Å². The smallest absolute Gasteiger partial charge is 0.332 e. The van der Waals surface area contributed by atoms with Gasteiger partial charge in [0.05, 0.1) is 12.3 Å². The number of benzene rings is 1. The number of carbonyl (C=O) groups excluding carboxylic acids is 1. The summed E-state index contributed by atoms with van der Waals surface area (Å²) >= 11 is 0. The average molecular weight is 400 g/mol. The van der Waals surface area contributed by atoms with Crippen LogP contribution in [0.4, 0.5) is 10.1 Å². The fourth-order valence-electron chi connectivity index (χ4n) is 3.06. The van der Waals surface area contributed by atoms with Crippen molar-refractivity contribution in [3.8, 4) is 5.75 Å². The number of para-hydroxylation sites is 1. The van der Waals surface area contributed by atoms with Crippen LogP contribution in [-0.2, 0) is 24.8 Å². The van der Waals surface area contributed by atoms with Gasteiger partial charge in [-0.05, 0) is 25.5 Å². The highest BCUT2D eigenvalue weighted by atomic mass is 19.1. The SMILES string of the molecule is CCOc1c(CC)cnc2c1c(=O)n(CC(=O)Nc1ccccc1F)c(=O)n2C. The highest BCUT2D eigenvalue weighted by Gasteiger charge is 2.20. The Morgan fingerprint density at radius 1 is 1.24 bits per heavy atom. The van der Waals surface area contributed by atoms with Gasteiger partial charge in [0.1, 0.15) is 23.5 Å². The molecule has 0 fully saturated rings. The van der Waals surface area contributed by atoms with E-state index in [1.54, 1.807) is 19.2 Å². The van der Waals surface area contributed by atoms with Crippen molar-refractivity contribution in [3.05, 3.63) is 62.7 Å². The van der Waals surface area contributed by atoms with Crippen LogP contribution < -0.4 is 21.3 Å². The molecule has 0 saturated carbocycles.